The molecule has 0 spiro atoms. The number of halogens is 4. The minimum atomic E-state index is -5.08. The molecule has 1 saturated heterocycles. The van der Waals surface area contributed by atoms with Gasteiger partial charge >= 0.3 is 17.8 Å². The molecule has 15 heteroatoms. The van der Waals surface area contributed by atoms with Crippen molar-refractivity contribution >= 4 is 50.0 Å². The van der Waals surface area contributed by atoms with E-state index in [2.05, 4.69) is 33.2 Å². The van der Waals surface area contributed by atoms with Gasteiger partial charge in [-0.3, -0.25) is 18.9 Å². The van der Waals surface area contributed by atoms with Crippen LogP contribution in [0, 0.1) is 29.6 Å². The van der Waals surface area contributed by atoms with E-state index < -0.39 is 17.6 Å². The number of piperidine rings is 1. The standard InChI is InChI=1S/C32H31ClN6O2S.C2HF3O2/c1-20-15-38(16-21-2-3-21)31(41)39(30(20)40)17-24-14-27-29(42-24)25(4-8-36-27)26-13-23(33)12-22-5-11-37(28(22)26)19-32(18-34)6-9-35-10-7-32;3-2(4,5)1(6)7/h4-5,8,11-15,21,35H,2-3,6-7,9-10,16-17,19H2,1H3;(H,6,7). The molecule has 49 heavy (non-hydrogen) atoms. The van der Waals surface area contributed by atoms with Gasteiger partial charge in [0.2, 0.25) is 0 Å². The fourth-order valence-electron chi connectivity index (χ4n) is 6.27. The minimum Gasteiger partial charge on any atom is -0.475 e. The lowest BCUT2D eigenvalue weighted by atomic mass is 9.80. The number of aryl methyl sites for hydroxylation is 1. The first kappa shape index (κ1) is 34.4. The Hall–Kier alpha value is -4.45. The highest BCUT2D eigenvalue weighted by Gasteiger charge is 2.38. The van der Waals surface area contributed by atoms with E-state index in [1.807, 2.05) is 24.3 Å². The van der Waals surface area contributed by atoms with Crippen molar-refractivity contribution in [2.45, 2.75) is 58.4 Å². The number of aliphatic carboxylic acids is 1. The normalized spacial score (nSPS) is 15.9. The number of nitrogens with one attached hydrogen (secondary N) is 1. The number of nitriles is 1. The van der Waals surface area contributed by atoms with Crippen molar-refractivity contribution < 1.29 is 23.1 Å². The highest BCUT2D eigenvalue weighted by Crippen LogP contribution is 2.41. The van der Waals surface area contributed by atoms with Crippen LogP contribution in [-0.2, 0) is 24.4 Å². The van der Waals surface area contributed by atoms with Gasteiger partial charge in [0.1, 0.15) is 0 Å². The second kappa shape index (κ2) is 13.5. The Morgan fingerprint density at radius 3 is 2.53 bits per heavy atom. The lowest BCUT2D eigenvalue weighted by Gasteiger charge is -2.32. The van der Waals surface area contributed by atoms with Crippen molar-refractivity contribution in [3.63, 3.8) is 0 Å². The summed E-state index contributed by atoms with van der Waals surface area (Å²) in [7, 11) is 0. The molecular formula is C34H32ClF3N6O4S. The number of carbonyl (C=O) groups is 1. The van der Waals surface area contributed by atoms with Crippen LogP contribution in [0.4, 0.5) is 13.2 Å². The molecule has 0 atom stereocenters. The van der Waals surface area contributed by atoms with Crippen molar-refractivity contribution in [2.24, 2.45) is 11.3 Å². The first-order valence-electron chi connectivity index (χ1n) is 15.7. The minimum absolute atomic E-state index is 0.199. The van der Waals surface area contributed by atoms with E-state index in [1.165, 1.54) is 4.57 Å². The molecule has 10 nitrogen and oxygen atoms in total. The van der Waals surface area contributed by atoms with Crippen LogP contribution >= 0.6 is 22.9 Å². The number of hydrogen-bond donors (Lipinski definition) is 2. The highest BCUT2D eigenvalue weighted by atomic mass is 35.5. The Kier molecular flexibility index (Phi) is 9.45. The maximum absolute atomic E-state index is 13.3. The smallest absolute Gasteiger partial charge is 0.475 e. The van der Waals surface area contributed by atoms with Gasteiger partial charge in [0, 0.05) is 63.7 Å². The summed E-state index contributed by atoms with van der Waals surface area (Å²) in [6.07, 6.45) is 4.33. The molecule has 5 heterocycles. The molecule has 2 aliphatic rings. The number of rotatable bonds is 7. The van der Waals surface area contributed by atoms with Gasteiger partial charge in [-0.15, -0.1) is 11.3 Å². The molecule has 5 aromatic rings. The maximum atomic E-state index is 13.3. The van der Waals surface area contributed by atoms with Gasteiger partial charge in [-0.2, -0.15) is 18.4 Å². The average Bonchev–Trinajstić information content (AvgIpc) is 3.65. The molecule has 4 aromatic heterocycles. The number of benzene rings is 1. The second-order valence-corrected chi connectivity index (χ2v) is 14.2. The lowest BCUT2D eigenvalue weighted by Crippen LogP contribution is -2.41. The number of thiophene rings is 1. The van der Waals surface area contributed by atoms with Crippen LogP contribution in [0.5, 0.6) is 0 Å². The van der Waals surface area contributed by atoms with Crippen molar-refractivity contribution in [3.05, 3.63) is 85.2 Å². The van der Waals surface area contributed by atoms with Crippen LogP contribution in [0.25, 0.3) is 32.2 Å². The summed E-state index contributed by atoms with van der Waals surface area (Å²) >= 11 is 8.19. The van der Waals surface area contributed by atoms with Gasteiger partial charge in [0.05, 0.1) is 33.8 Å². The van der Waals surface area contributed by atoms with Crippen LogP contribution in [0.1, 0.15) is 36.1 Å². The molecule has 1 aromatic carbocycles. The number of aromatic nitrogens is 4. The Balaban J connectivity index is 0.000000540. The fraction of sp³-hybridized carbons (Fsp3) is 0.382. The van der Waals surface area contributed by atoms with Gasteiger partial charge in [-0.1, -0.05) is 11.6 Å². The molecule has 2 N–H and O–H groups in total. The molecule has 7 rings (SSSR count). The number of nitrogens with zero attached hydrogens (tertiary/aromatic N) is 5. The summed E-state index contributed by atoms with van der Waals surface area (Å²) in [6.45, 7) is 4.91. The Labute approximate surface area is 287 Å². The topological polar surface area (TPSA) is 135 Å². The zero-order chi connectivity index (χ0) is 35.1. The molecule has 256 valence electrons. The van der Waals surface area contributed by atoms with E-state index in [9.17, 15) is 28.0 Å². The first-order valence-corrected chi connectivity index (χ1v) is 16.9. The predicted octanol–water partition coefficient (Wildman–Crippen LogP) is 6.19. The third kappa shape index (κ3) is 7.29. The van der Waals surface area contributed by atoms with Gasteiger partial charge in [0.15, 0.2) is 0 Å². The monoisotopic (exact) mass is 712 g/mol. The van der Waals surface area contributed by atoms with E-state index in [4.69, 9.17) is 21.5 Å². The van der Waals surface area contributed by atoms with E-state index in [1.54, 1.807) is 35.2 Å². The summed E-state index contributed by atoms with van der Waals surface area (Å²) in [5.74, 6) is -2.23. The van der Waals surface area contributed by atoms with E-state index in [0.29, 0.717) is 29.6 Å². The lowest BCUT2D eigenvalue weighted by molar-refractivity contribution is -0.192. The second-order valence-electron chi connectivity index (χ2n) is 12.6. The third-order valence-corrected chi connectivity index (χ3v) is 10.3. The average molecular weight is 713 g/mol. The molecule has 0 unspecified atom stereocenters. The summed E-state index contributed by atoms with van der Waals surface area (Å²) in [5, 5.41) is 22.3. The highest BCUT2D eigenvalue weighted by molar-refractivity contribution is 7.19. The summed E-state index contributed by atoms with van der Waals surface area (Å²) in [6, 6.07) is 12.6. The van der Waals surface area contributed by atoms with Gasteiger partial charge in [0.25, 0.3) is 5.56 Å². The van der Waals surface area contributed by atoms with Crippen LogP contribution < -0.4 is 16.6 Å². The molecule has 0 radical (unpaired) electrons. The van der Waals surface area contributed by atoms with Crippen molar-refractivity contribution in [1.82, 2.24) is 24.0 Å². The van der Waals surface area contributed by atoms with Crippen LogP contribution in [0.3, 0.4) is 0 Å². The fourth-order valence-corrected chi connectivity index (χ4v) is 7.62. The quantitative estimate of drug-likeness (QED) is 0.206. The van der Waals surface area contributed by atoms with Crippen LogP contribution in [0.2, 0.25) is 5.02 Å². The first-order chi connectivity index (χ1) is 23.3. The molecular weight excluding hydrogens is 681 g/mol. The SMILES string of the molecule is Cc1cn(CC2CC2)c(=O)n(Cc2cc3nccc(-c4cc(Cl)cc5ccn(CC6(C#N)CCNCC6)c45)c3s2)c1=O.O=C(O)C(F)(F)F. The Morgan fingerprint density at radius 1 is 1.16 bits per heavy atom. The van der Waals surface area contributed by atoms with Crippen molar-refractivity contribution in [2.75, 3.05) is 13.1 Å². The number of pyridine rings is 1. The van der Waals surface area contributed by atoms with Crippen molar-refractivity contribution in [3.8, 4) is 17.2 Å². The number of hydrogen-bond acceptors (Lipinski definition) is 7. The van der Waals surface area contributed by atoms with Gasteiger partial charge in [-0.25, -0.2) is 9.59 Å². The molecule has 1 saturated carbocycles. The van der Waals surface area contributed by atoms with Crippen LogP contribution in [-0.4, -0.2) is 49.0 Å². The van der Waals surface area contributed by atoms with E-state index >= 15 is 0 Å². The molecule has 0 amide bonds. The molecule has 2 fully saturated rings. The van der Waals surface area contributed by atoms with Crippen molar-refractivity contribution in [1.29, 1.82) is 5.26 Å². The number of carboxylic acid groups (broad SMARTS) is 1. The van der Waals surface area contributed by atoms with Crippen LogP contribution in [0.15, 0.2) is 58.5 Å². The van der Waals surface area contributed by atoms with E-state index in [-0.39, 0.29) is 17.8 Å². The van der Waals surface area contributed by atoms with Gasteiger partial charge in [-0.05, 0) is 81.9 Å². The third-order valence-electron chi connectivity index (χ3n) is 8.97. The predicted molar refractivity (Wildman–Crippen MR) is 181 cm³/mol. The van der Waals surface area contributed by atoms with Gasteiger partial charge < -0.3 is 15.0 Å². The number of carboxylic acids is 1. The maximum Gasteiger partial charge on any atom is 0.490 e. The number of alkyl halides is 3. The summed E-state index contributed by atoms with van der Waals surface area (Å²) < 4.78 is 38.0. The Morgan fingerprint density at radius 2 is 1.88 bits per heavy atom. The largest absolute Gasteiger partial charge is 0.490 e. The zero-order valence-corrected chi connectivity index (χ0v) is 28.0. The summed E-state index contributed by atoms with van der Waals surface area (Å²) in [4.78, 5) is 40.8. The molecule has 1 aliphatic carbocycles. The summed E-state index contributed by atoms with van der Waals surface area (Å²) in [5.41, 5.74) is 3.44. The van der Waals surface area contributed by atoms with E-state index in [0.717, 1.165) is 75.9 Å². The molecule has 1 aliphatic heterocycles. The number of fused-ring (bicyclic) bond motifs is 2. The Bertz CT molecular complexity index is 2220. The zero-order valence-electron chi connectivity index (χ0n) is 26.4. The molecule has 0 bridgehead atoms.